The second kappa shape index (κ2) is 4.65. The van der Waals surface area contributed by atoms with Crippen LogP contribution in [-0.4, -0.2) is 29.3 Å². The highest BCUT2D eigenvalue weighted by molar-refractivity contribution is 5.74. The van der Waals surface area contributed by atoms with Crippen molar-refractivity contribution in [3.63, 3.8) is 0 Å². The van der Waals surface area contributed by atoms with Crippen LogP contribution in [0.2, 0.25) is 0 Å². The molecule has 0 aliphatic heterocycles. The highest BCUT2D eigenvalue weighted by atomic mass is 16.5. The van der Waals surface area contributed by atoms with Gasteiger partial charge in [-0.1, -0.05) is 6.07 Å². The highest BCUT2D eigenvalue weighted by Crippen LogP contribution is 2.25. The molecular weight excluding hydrogens is 198 g/mol. The van der Waals surface area contributed by atoms with Crippen molar-refractivity contribution in [3.05, 3.63) is 23.8 Å². The van der Waals surface area contributed by atoms with Crippen molar-refractivity contribution >= 4 is 5.97 Å². The van der Waals surface area contributed by atoms with Gasteiger partial charge in [0, 0.05) is 6.42 Å². The molecule has 1 aromatic rings. The molecule has 82 valence electrons. The summed E-state index contributed by atoms with van der Waals surface area (Å²) in [5.41, 5.74) is 4.36. The van der Waals surface area contributed by atoms with Gasteiger partial charge in [0.25, 0.3) is 0 Å². The fraction of sp³-hybridized carbons (Fsp3) is 0.300. The van der Waals surface area contributed by atoms with E-state index in [4.69, 9.17) is 5.11 Å². The first-order valence-electron chi connectivity index (χ1n) is 4.46. The number of esters is 1. The van der Waals surface area contributed by atoms with Crippen LogP contribution in [0.4, 0.5) is 0 Å². The van der Waals surface area contributed by atoms with Crippen LogP contribution in [0.15, 0.2) is 18.2 Å². The summed E-state index contributed by atoms with van der Waals surface area (Å²) in [6, 6.07) is 3.88. The summed E-state index contributed by atoms with van der Waals surface area (Å²) in [7, 11) is 1.30. The van der Waals surface area contributed by atoms with Crippen molar-refractivity contribution in [3.8, 4) is 11.5 Å². The minimum absolute atomic E-state index is 0.183. The lowest BCUT2D eigenvalue weighted by Crippen LogP contribution is -2.66. The number of carbonyl (C=O) groups is 1. The van der Waals surface area contributed by atoms with E-state index in [-0.39, 0.29) is 11.5 Å². The average molecular weight is 212 g/mol. The molecule has 1 rings (SSSR count). The molecule has 0 aliphatic carbocycles. The zero-order valence-electron chi connectivity index (χ0n) is 8.43. The Balaban J connectivity index is 2.73. The summed E-state index contributed by atoms with van der Waals surface area (Å²) in [6.45, 7) is 0. The predicted molar refractivity (Wildman–Crippen MR) is 52.2 cm³/mol. The van der Waals surface area contributed by atoms with Gasteiger partial charge in [-0.3, -0.25) is 0 Å². The van der Waals surface area contributed by atoms with Crippen molar-refractivity contribution in [2.45, 2.75) is 12.5 Å². The molecule has 0 saturated carbocycles. The Morgan fingerprint density at radius 3 is 2.67 bits per heavy atom. The number of ether oxygens (including phenoxy) is 1. The Hall–Kier alpha value is -1.75. The monoisotopic (exact) mass is 212 g/mol. The van der Waals surface area contributed by atoms with Crippen LogP contribution >= 0.6 is 0 Å². The van der Waals surface area contributed by atoms with Gasteiger partial charge in [-0.05, 0) is 17.7 Å². The van der Waals surface area contributed by atoms with Gasteiger partial charge in [0.15, 0.2) is 17.5 Å². The quantitative estimate of drug-likeness (QED) is 0.461. The van der Waals surface area contributed by atoms with Crippen molar-refractivity contribution in [1.82, 2.24) is 0 Å². The molecule has 5 nitrogen and oxygen atoms in total. The Kier molecular flexibility index (Phi) is 3.51. The first-order chi connectivity index (χ1) is 7.04. The molecule has 0 aromatic heterocycles. The van der Waals surface area contributed by atoms with Crippen molar-refractivity contribution in [2.24, 2.45) is 0 Å². The summed E-state index contributed by atoms with van der Waals surface area (Å²) in [4.78, 5) is 11.1. The van der Waals surface area contributed by atoms with Gasteiger partial charge in [-0.2, -0.15) is 0 Å². The first kappa shape index (κ1) is 11.3. The fourth-order valence-corrected chi connectivity index (χ4v) is 1.23. The van der Waals surface area contributed by atoms with Crippen LogP contribution in [0.25, 0.3) is 0 Å². The number of quaternary nitrogens is 1. The normalized spacial score (nSPS) is 12.1. The summed E-state index contributed by atoms with van der Waals surface area (Å²) in [5, 5.41) is 18.3. The molecule has 0 spiro atoms. The zero-order valence-corrected chi connectivity index (χ0v) is 8.43. The predicted octanol–water partition coefficient (Wildman–Crippen LogP) is -0.576. The molecule has 5 heteroatoms. The van der Waals surface area contributed by atoms with Crippen LogP contribution < -0.4 is 5.73 Å². The Labute approximate surface area is 87.1 Å². The largest absolute Gasteiger partial charge is 0.504 e. The highest BCUT2D eigenvalue weighted by Gasteiger charge is 2.18. The van der Waals surface area contributed by atoms with Gasteiger partial charge in [-0.15, -0.1) is 0 Å². The number of hydrogen-bond donors (Lipinski definition) is 3. The molecule has 0 aliphatic rings. The van der Waals surface area contributed by atoms with Crippen molar-refractivity contribution in [1.29, 1.82) is 0 Å². The van der Waals surface area contributed by atoms with Crippen LogP contribution in [0.5, 0.6) is 11.5 Å². The van der Waals surface area contributed by atoms with Gasteiger partial charge in [0.05, 0.1) is 7.11 Å². The number of hydrogen-bond acceptors (Lipinski definition) is 4. The van der Waals surface area contributed by atoms with Crippen molar-refractivity contribution < 1.29 is 25.5 Å². The minimum atomic E-state index is -0.515. The van der Waals surface area contributed by atoms with Crippen LogP contribution in [-0.2, 0) is 16.0 Å². The summed E-state index contributed by atoms with van der Waals surface area (Å²) in [5.74, 6) is -0.787. The summed E-state index contributed by atoms with van der Waals surface area (Å²) in [6.07, 6.45) is 0.362. The van der Waals surface area contributed by atoms with Crippen LogP contribution in [0, 0.1) is 0 Å². The number of phenols is 2. The number of phenolic OH excluding ortho intramolecular Hbond substituents is 2. The van der Waals surface area contributed by atoms with E-state index in [1.807, 2.05) is 0 Å². The third-order valence-corrected chi connectivity index (χ3v) is 2.06. The Morgan fingerprint density at radius 1 is 1.47 bits per heavy atom. The lowest BCUT2D eigenvalue weighted by Gasteiger charge is -2.07. The maximum atomic E-state index is 11.1. The molecule has 0 bridgehead atoms. The first-order valence-corrected chi connectivity index (χ1v) is 4.46. The molecule has 0 fully saturated rings. The molecule has 1 atom stereocenters. The van der Waals surface area contributed by atoms with Crippen LogP contribution in [0.1, 0.15) is 5.56 Å². The molecule has 0 heterocycles. The molecule has 0 amide bonds. The van der Waals surface area contributed by atoms with E-state index in [9.17, 15) is 9.90 Å². The maximum absolute atomic E-state index is 11.1. The zero-order chi connectivity index (χ0) is 11.4. The van der Waals surface area contributed by atoms with Crippen LogP contribution in [0.3, 0.4) is 0 Å². The molecule has 0 unspecified atom stereocenters. The van der Waals surface area contributed by atoms with Gasteiger partial charge < -0.3 is 20.7 Å². The van der Waals surface area contributed by atoms with E-state index in [1.165, 1.54) is 19.2 Å². The van der Waals surface area contributed by atoms with Crippen molar-refractivity contribution in [2.75, 3.05) is 7.11 Å². The molecular formula is C10H14NO4+. The maximum Gasteiger partial charge on any atom is 0.364 e. The molecule has 0 radical (unpaired) electrons. The molecule has 0 saturated heterocycles. The lowest BCUT2D eigenvalue weighted by molar-refractivity contribution is -0.407. The molecule has 15 heavy (non-hydrogen) atoms. The second-order valence-corrected chi connectivity index (χ2v) is 3.25. The van der Waals surface area contributed by atoms with E-state index < -0.39 is 12.0 Å². The van der Waals surface area contributed by atoms with Gasteiger partial charge in [0.2, 0.25) is 0 Å². The second-order valence-electron chi connectivity index (χ2n) is 3.25. The SMILES string of the molecule is COC(=O)[C@@H]([NH3+])Cc1ccc(O)c(O)c1. The smallest absolute Gasteiger partial charge is 0.364 e. The third kappa shape index (κ3) is 2.85. The summed E-state index contributed by atoms with van der Waals surface area (Å²) >= 11 is 0. The van der Waals surface area contributed by atoms with E-state index in [0.29, 0.717) is 6.42 Å². The Morgan fingerprint density at radius 2 is 2.13 bits per heavy atom. The van der Waals surface area contributed by atoms with E-state index >= 15 is 0 Å². The van der Waals surface area contributed by atoms with Gasteiger partial charge in [-0.25, -0.2) is 4.79 Å². The fourth-order valence-electron chi connectivity index (χ4n) is 1.23. The standard InChI is InChI=1S/C10H13NO4/c1-15-10(14)7(11)4-6-2-3-8(12)9(13)5-6/h2-3,5,7,12-13H,4,11H2,1H3/p+1/t7-/m0/s1. The van der Waals surface area contributed by atoms with Gasteiger partial charge in [0.1, 0.15) is 0 Å². The number of benzene rings is 1. The number of rotatable bonds is 3. The van der Waals surface area contributed by atoms with Gasteiger partial charge >= 0.3 is 5.97 Å². The topological polar surface area (TPSA) is 94.4 Å². The third-order valence-electron chi connectivity index (χ3n) is 2.06. The van der Waals surface area contributed by atoms with E-state index in [2.05, 4.69) is 10.5 Å². The molecule has 1 aromatic carbocycles. The molecule has 5 N–H and O–H groups in total. The lowest BCUT2D eigenvalue weighted by atomic mass is 10.1. The number of methoxy groups -OCH3 is 1. The average Bonchev–Trinajstić information content (AvgIpc) is 2.22. The van der Waals surface area contributed by atoms with E-state index in [1.54, 1.807) is 6.07 Å². The minimum Gasteiger partial charge on any atom is -0.504 e. The Bertz CT molecular complexity index is 364. The van der Waals surface area contributed by atoms with E-state index in [0.717, 1.165) is 5.56 Å². The number of carbonyl (C=O) groups excluding carboxylic acids is 1. The number of aromatic hydroxyl groups is 2. The summed E-state index contributed by atoms with van der Waals surface area (Å²) < 4.78 is 4.52.